The molecule has 8 heteroatoms. The number of fused-ring (bicyclic) bond motifs is 1. The molecule has 2 heterocycles. The molecule has 2 aromatic rings. The Balaban J connectivity index is 2.05. The molecule has 0 radical (unpaired) electrons. The summed E-state index contributed by atoms with van der Waals surface area (Å²) < 4.78 is 0.789. The molecule has 1 aromatic heterocycles. The van der Waals surface area contributed by atoms with Crippen LogP contribution in [0.2, 0.25) is 5.28 Å². The van der Waals surface area contributed by atoms with Crippen molar-refractivity contribution in [2.24, 2.45) is 0 Å². The second-order valence-corrected chi connectivity index (χ2v) is 9.10. The highest BCUT2D eigenvalue weighted by Gasteiger charge is 2.20. The van der Waals surface area contributed by atoms with Gasteiger partial charge in [0.15, 0.2) is 0 Å². The van der Waals surface area contributed by atoms with Gasteiger partial charge in [0.2, 0.25) is 5.28 Å². The van der Waals surface area contributed by atoms with Gasteiger partial charge in [-0.05, 0) is 53.0 Å². The number of hydrogen-bond donors (Lipinski definition) is 2. The molecule has 0 atom stereocenters. The van der Waals surface area contributed by atoms with Gasteiger partial charge in [-0.25, -0.2) is 4.98 Å². The average molecular weight is 404 g/mol. The zero-order valence-electron chi connectivity index (χ0n) is 11.4. The molecule has 0 saturated carbocycles. The minimum Gasteiger partial charge on any atom is -0.374 e. The first kappa shape index (κ1) is 15.3. The SMILES string of the molecule is CP(C)c1c(Nc2nc(Cl)ncc2Br)ccc2c1NCS2. The Bertz CT molecular complexity index is 698. The highest BCUT2D eigenvalue weighted by molar-refractivity contribution is 9.10. The largest absolute Gasteiger partial charge is 0.374 e. The molecule has 0 saturated heterocycles. The standard InChI is InChI=1S/C13H13BrClN4PS/c1-20(2)11-8(3-4-9-10(11)17-6-21-9)18-12-7(14)5-16-13(15)19-12/h3-5,17H,6H2,1-2H3,(H,16,18,19). The van der Waals surface area contributed by atoms with Crippen molar-refractivity contribution in [3.8, 4) is 0 Å². The molecule has 1 aliphatic heterocycles. The van der Waals surface area contributed by atoms with Crippen LogP contribution in [0.5, 0.6) is 0 Å². The summed E-state index contributed by atoms with van der Waals surface area (Å²) in [6.07, 6.45) is 1.65. The van der Waals surface area contributed by atoms with E-state index in [9.17, 15) is 0 Å². The molecule has 1 aromatic carbocycles. The zero-order valence-corrected chi connectivity index (χ0v) is 15.5. The summed E-state index contributed by atoms with van der Waals surface area (Å²) in [7, 11) is -0.263. The van der Waals surface area contributed by atoms with Crippen LogP contribution in [0.4, 0.5) is 17.2 Å². The van der Waals surface area contributed by atoms with Crippen LogP contribution in [-0.2, 0) is 0 Å². The number of rotatable bonds is 3. The fraction of sp³-hybridized carbons (Fsp3) is 0.231. The van der Waals surface area contributed by atoms with E-state index in [-0.39, 0.29) is 13.2 Å². The van der Waals surface area contributed by atoms with Crippen molar-refractivity contribution in [2.45, 2.75) is 4.90 Å². The van der Waals surface area contributed by atoms with Crippen LogP contribution in [0.1, 0.15) is 0 Å². The van der Waals surface area contributed by atoms with Crippen LogP contribution < -0.4 is 15.9 Å². The topological polar surface area (TPSA) is 49.8 Å². The van der Waals surface area contributed by atoms with Gasteiger partial charge in [0.1, 0.15) is 5.82 Å². The summed E-state index contributed by atoms with van der Waals surface area (Å²) >= 11 is 11.2. The van der Waals surface area contributed by atoms with Crippen LogP contribution in [0.25, 0.3) is 0 Å². The minimum atomic E-state index is -0.263. The summed E-state index contributed by atoms with van der Waals surface area (Å²) in [5, 5.41) is 8.40. The number of nitrogens with zero attached hydrogens (tertiary/aromatic N) is 2. The van der Waals surface area contributed by atoms with E-state index in [4.69, 9.17) is 11.6 Å². The number of anilines is 3. The van der Waals surface area contributed by atoms with Crippen molar-refractivity contribution in [3.63, 3.8) is 0 Å². The first-order valence-corrected chi connectivity index (χ1v) is 10.6. The van der Waals surface area contributed by atoms with E-state index >= 15 is 0 Å². The second kappa shape index (κ2) is 6.29. The van der Waals surface area contributed by atoms with Crippen molar-refractivity contribution in [1.82, 2.24) is 9.97 Å². The first-order chi connectivity index (χ1) is 10.1. The fourth-order valence-corrected chi connectivity index (χ4v) is 4.79. The highest BCUT2D eigenvalue weighted by Crippen LogP contribution is 2.42. The van der Waals surface area contributed by atoms with E-state index < -0.39 is 0 Å². The lowest BCUT2D eigenvalue weighted by Crippen LogP contribution is -2.13. The van der Waals surface area contributed by atoms with Gasteiger partial charge in [0.25, 0.3) is 0 Å². The molecule has 0 unspecified atom stereocenters. The zero-order chi connectivity index (χ0) is 15.0. The molecule has 110 valence electrons. The Morgan fingerprint density at radius 2 is 2.24 bits per heavy atom. The Hall–Kier alpha value is -0.550. The van der Waals surface area contributed by atoms with Crippen molar-refractivity contribution in [3.05, 3.63) is 28.1 Å². The quantitative estimate of drug-likeness (QED) is 0.585. The number of nitrogens with one attached hydrogen (secondary N) is 2. The molecule has 2 N–H and O–H groups in total. The maximum Gasteiger partial charge on any atom is 0.224 e. The van der Waals surface area contributed by atoms with E-state index in [1.165, 1.54) is 15.9 Å². The number of hydrogen-bond acceptors (Lipinski definition) is 5. The summed E-state index contributed by atoms with van der Waals surface area (Å²) in [6.45, 7) is 4.51. The predicted molar refractivity (Wildman–Crippen MR) is 97.2 cm³/mol. The third-order valence-electron chi connectivity index (χ3n) is 3.03. The molecule has 0 bridgehead atoms. The Morgan fingerprint density at radius 1 is 1.43 bits per heavy atom. The van der Waals surface area contributed by atoms with Crippen molar-refractivity contribution in [1.29, 1.82) is 0 Å². The molecule has 21 heavy (non-hydrogen) atoms. The Kier molecular flexibility index (Phi) is 4.60. The third kappa shape index (κ3) is 3.14. The fourth-order valence-electron chi connectivity index (χ4n) is 2.18. The maximum atomic E-state index is 5.88. The van der Waals surface area contributed by atoms with Crippen LogP contribution in [0.3, 0.4) is 0 Å². The number of benzene rings is 1. The van der Waals surface area contributed by atoms with Gasteiger partial charge in [-0.2, -0.15) is 4.98 Å². The number of halogens is 2. The molecular weight excluding hydrogens is 391 g/mol. The average Bonchev–Trinajstić information content (AvgIpc) is 2.90. The molecule has 3 rings (SSSR count). The van der Waals surface area contributed by atoms with Gasteiger partial charge in [0, 0.05) is 22.1 Å². The lowest BCUT2D eigenvalue weighted by atomic mass is 10.2. The molecule has 0 aliphatic carbocycles. The van der Waals surface area contributed by atoms with Gasteiger partial charge < -0.3 is 10.6 Å². The predicted octanol–water partition coefficient (Wildman–Crippen LogP) is 4.48. The maximum absolute atomic E-state index is 5.88. The Labute approximate surface area is 142 Å². The van der Waals surface area contributed by atoms with Crippen molar-refractivity contribution in [2.75, 3.05) is 29.8 Å². The van der Waals surface area contributed by atoms with Crippen LogP contribution in [0.15, 0.2) is 27.7 Å². The van der Waals surface area contributed by atoms with Gasteiger partial charge in [0.05, 0.1) is 16.0 Å². The smallest absolute Gasteiger partial charge is 0.224 e. The van der Waals surface area contributed by atoms with E-state index in [2.05, 4.69) is 62.0 Å². The number of aromatic nitrogens is 2. The number of thioether (sulfide) groups is 1. The van der Waals surface area contributed by atoms with E-state index in [1.54, 1.807) is 6.20 Å². The first-order valence-electron chi connectivity index (χ1n) is 6.22. The minimum absolute atomic E-state index is 0.229. The summed E-state index contributed by atoms with van der Waals surface area (Å²) in [6, 6.07) is 4.25. The lowest BCUT2D eigenvalue weighted by Gasteiger charge is -2.18. The van der Waals surface area contributed by atoms with Gasteiger partial charge >= 0.3 is 0 Å². The van der Waals surface area contributed by atoms with Crippen LogP contribution in [-0.4, -0.2) is 29.2 Å². The lowest BCUT2D eigenvalue weighted by molar-refractivity contribution is 1.15. The van der Waals surface area contributed by atoms with E-state index in [0.717, 1.165) is 16.0 Å². The molecule has 1 aliphatic rings. The van der Waals surface area contributed by atoms with Crippen LogP contribution >= 0.6 is 47.2 Å². The molecule has 0 amide bonds. The molecule has 4 nitrogen and oxygen atoms in total. The van der Waals surface area contributed by atoms with Crippen molar-refractivity contribution >= 4 is 69.7 Å². The molecular formula is C13H13BrClN4PS. The summed E-state index contributed by atoms with van der Waals surface area (Å²) in [5.41, 5.74) is 2.31. The Morgan fingerprint density at radius 3 is 3.00 bits per heavy atom. The molecule has 0 fully saturated rings. The third-order valence-corrected chi connectivity index (χ3v) is 6.09. The monoisotopic (exact) mass is 402 g/mol. The van der Waals surface area contributed by atoms with E-state index in [0.29, 0.717) is 5.82 Å². The highest BCUT2D eigenvalue weighted by atomic mass is 79.9. The second-order valence-electron chi connectivity index (χ2n) is 4.66. The van der Waals surface area contributed by atoms with Crippen LogP contribution in [0, 0.1) is 0 Å². The molecule has 0 spiro atoms. The van der Waals surface area contributed by atoms with Gasteiger partial charge in [-0.3, -0.25) is 0 Å². The summed E-state index contributed by atoms with van der Waals surface area (Å²) in [4.78, 5) is 9.50. The van der Waals surface area contributed by atoms with Gasteiger partial charge in [-0.15, -0.1) is 11.8 Å². The van der Waals surface area contributed by atoms with E-state index in [1.807, 2.05) is 11.8 Å². The van der Waals surface area contributed by atoms with Gasteiger partial charge in [-0.1, -0.05) is 7.92 Å². The summed E-state index contributed by atoms with van der Waals surface area (Å²) in [5.74, 6) is 1.61. The van der Waals surface area contributed by atoms with Crippen molar-refractivity contribution < 1.29 is 0 Å². The normalized spacial score (nSPS) is 13.2.